The maximum atomic E-state index is 12.3. The van der Waals surface area contributed by atoms with Crippen molar-refractivity contribution >= 4 is 50.5 Å². The van der Waals surface area contributed by atoms with Gasteiger partial charge >= 0.3 is 0 Å². The molecule has 4 aromatic rings. The average Bonchev–Trinajstić information content (AvgIpc) is 3.17. The highest BCUT2D eigenvalue weighted by molar-refractivity contribution is 7.20. The quantitative estimate of drug-likeness (QED) is 0.525. The highest BCUT2D eigenvalue weighted by atomic mass is 35.5. The molecule has 0 saturated heterocycles. The van der Waals surface area contributed by atoms with Crippen LogP contribution < -0.4 is 5.32 Å². The summed E-state index contributed by atoms with van der Waals surface area (Å²) in [5.41, 5.74) is 2.45. The van der Waals surface area contributed by atoms with Crippen molar-refractivity contribution in [2.75, 3.05) is 5.32 Å². The van der Waals surface area contributed by atoms with Gasteiger partial charge in [0.1, 0.15) is 0 Å². The molecule has 4 rings (SSSR count). The summed E-state index contributed by atoms with van der Waals surface area (Å²) < 4.78 is 1.66. The predicted molar refractivity (Wildman–Crippen MR) is 105 cm³/mol. The molecule has 0 aliphatic rings. The van der Waals surface area contributed by atoms with E-state index in [1.54, 1.807) is 22.7 Å². The molecule has 1 N–H and O–H groups in total. The summed E-state index contributed by atoms with van der Waals surface area (Å²) >= 11 is 13.5. The molecule has 0 saturated carbocycles. The van der Waals surface area contributed by atoms with Crippen molar-refractivity contribution in [1.29, 1.82) is 0 Å². The van der Waals surface area contributed by atoms with E-state index in [0.717, 1.165) is 11.3 Å². The van der Waals surface area contributed by atoms with Gasteiger partial charge in [0.05, 0.1) is 18.3 Å². The van der Waals surface area contributed by atoms with Crippen molar-refractivity contribution in [3.8, 4) is 11.3 Å². The van der Waals surface area contributed by atoms with Gasteiger partial charge < -0.3 is 5.32 Å². The van der Waals surface area contributed by atoms with E-state index in [1.165, 1.54) is 11.3 Å². The first-order valence-electron chi connectivity index (χ1n) is 7.74. The topological polar surface area (TPSA) is 59.3 Å². The Labute approximate surface area is 163 Å². The molecule has 0 aliphatic carbocycles. The fraction of sp³-hybridized carbons (Fsp3) is 0.0556. The second-order valence-corrected chi connectivity index (χ2v) is 7.32. The summed E-state index contributed by atoms with van der Waals surface area (Å²) in [4.78, 5) is 17.5. The molecular weight excluding hydrogens is 391 g/mol. The molecule has 1 amide bonds. The minimum Gasteiger partial charge on any atom is -0.300 e. The van der Waals surface area contributed by atoms with E-state index in [1.807, 2.05) is 36.5 Å². The fourth-order valence-corrected chi connectivity index (χ4v) is 3.85. The Morgan fingerprint density at radius 2 is 1.81 bits per heavy atom. The number of rotatable bonds is 4. The number of anilines is 1. The van der Waals surface area contributed by atoms with Crippen LogP contribution in [0.2, 0.25) is 10.0 Å². The number of imidazole rings is 1. The first kappa shape index (κ1) is 17.0. The van der Waals surface area contributed by atoms with Gasteiger partial charge in [-0.1, -0.05) is 70.9 Å². The van der Waals surface area contributed by atoms with Crippen molar-refractivity contribution in [2.45, 2.75) is 6.42 Å². The average molecular weight is 403 g/mol. The van der Waals surface area contributed by atoms with Gasteiger partial charge in [0.2, 0.25) is 16.0 Å². The number of hydrogen-bond acceptors (Lipinski definition) is 4. The first-order chi connectivity index (χ1) is 12.6. The Balaban J connectivity index is 1.51. The number of nitrogens with one attached hydrogen (secondary N) is 1. The van der Waals surface area contributed by atoms with Crippen LogP contribution >= 0.6 is 34.5 Å². The number of halogens is 2. The van der Waals surface area contributed by atoms with Gasteiger partial charge in [-0.3, -0.25) is 4.79 Å². The van der Waals surface area contributed by atoms with Crippen LogP contribution in [-0.4, -0.2) is 20.5 Å². The molecule has 8 heteroatoms. The molecule has 2 aromatic heterocycles. The first-order valence-corrected chi connectivity index (χ1v) is 9.32. The standard InChI is InChI=1S/C18H12Cl2N4OS/c19-13-7-4-8-14(20)12(13)9-16(25)22-17-23-24-10-15(21-18(24)26-17)11-5-2-1-3-6-11/h1-8,10H,9H2,(H,22,23,25). The molecule has 2 aromatic carbocycles. The van der Waals surface area contributed by atoms with Gasteiger partial charge in [-0.25, -0.2) is 9.50 Å². The highest BCUT2D eigenvalue weighted by Gasteiger charge is 2.14. The smallest absolute Gasteiger partial charge is 0.230 e. The van der Waals surface area contributed by atoms with Crippen LogP contribution in [0.15, 0.2) is 54.7 Å². The van der Waals surface area contributed by atoms with Gasteiger partial charge in [0.15, 0.2) is 0 Å². The maximum Gasteiger partial charge on any atom is 0.230 e. The summed E-state index contributed by atoms with van der Waals surface area (Å²) in [6, 6.07) is 15.0. The second kappa shape index (κ2) is 7.07. The van der Waals surface area contributed by atoms with Crippen molar-refractivity contribution < 1.29 is 4.79 Å². The molecule has 0 atom stereocenters. The lowest BCUT2D eigenvalue weighted by molar-refractivity contribution is -0.115. The van der Waals surface area contributed by atoms with E-state index >= 15 is 0 Å². The Morgan fingerprint density at radius 1 is 1.08 bits per heavy atom. The number of nitrogens with zero attached hydrogens (tertiary/aromatic N) is 3. The number of amides is 1. The van der Waals surface area contributed by atoms with Crippen LogP contribution in [0.3, 0.4) is 0 Å². The second-order valence-electron chi connectivity index (χ2n) is 5.55. The Hall–Kier alpha value is -2.41. The Morgan fingerprint density at radius 3 is 2.50 bits per heavy atom. The van der Waals surface area contributed by atoms with Crippen molar-refractivity contribution in [3.05, 3.63) is 70.3 Å². The summed E-state index contributed by atoms with van der Waals surface area (Å²) in [6.45, 7) is 0. The number of carbonyl (C=O) groups excluding carboxylic acids is 1. The van der Waals surface area contributed by atoms with Gasteiger partial charge in [0.25, 0.3) is 0 Å². The summed E-state index contributed by atoms with van der Waals surface area (Å²) in [5, 5.41) is 8.54. The third kappa shape index (κ3) is 3.44. The van der Waals surface area contributed by atoms with Crippen LogP contribution in [-0.2, 0) is 11.2 Å². The monoisotopic (exact) mass is 402 g/mol. The lowest BCUT2D eigenvalue weighted by Crippen LogP contribution is -2.15. The number of carbonyl (C=O) groups is 1. The summed E-state index contributed by atoms with van der Waals surface area (Å²) in [6.07, 6.45) is 1.91. The molecule has 0 fully saturated rings. The van der Waals surface area contributed by atoms with Crippen LogP contribution in [0.1, 0.15) is 5.56 Å². The normalized spacial score (nSPS) is 11.0. The largest absolute Gasteiger partial charge is 0.300 e. The van der Waals surface area contributed by atoms with Crippen molar-refractivity contribution in [1.82, 2.24) is 14.6 Å². The van der Waals surface area contributed by atoms with Crippen LogP contribution in [0.5, 0.6) is 0 Å². The van der Waals surface area contributed by atoms with E-state index in [-0.39, 0.29) is 12.3 Å². The van der Waals surface area contributed by atoms with E-state index in [4.69, 9.17) is 23.2 Å². The zero-order valence-electron chi connectivity index (χ0n) is 13.3. The minimum atomic E-state index is -0.236. The van der Waals surface area contributed by atoms with Crippen LogP contribution in [0.4, 0.5) is 5.13 Å². The van der Waals surface area contributed by atoms with Crippen LogP contribution in [0.25, 0.3) is 16.2 Å². The minimum absolute atomic E-state index is 0.0790. The van der Waals surface area contributed by atoms with E-state index in [9.17, 15) is 4.79 Å². The van der Waals surface area contributed by atoms with E-state index in [2.05, 4.69) is 15.4 Å². The van der Waals surface area contributed by atoms with Crippen molar-refractivity contribution in [3.63, 3.8) is 0 Å². The van der Waals surface area contributed by atoms with Gasteiger partial charge in [0, 0.05) is 15.6 Å². The number of fused-ring (bicyclic) bond motifs is 1. The third-order valence-electron chi connectivity index (χ3n) is 3.76. The maximum absolute atomic E-state index is 12.3. The Bertz CT molecular complexity index is 1040. The highest BCUT2D eigenvalue weighted by Crippen LogP contribution is 2.27. The van der Waals surface area contributed by atoms with Gasteiger partial charge in [-0.05, 0) is 17.7 Å². The van der Waals surface area contributed by atoms with Crippen LogP contribution in [0, 0.1) is 0 Å². The number of aromatic nitrogens is 3. The molecule has 26 heavy (non-hydrogen) atoms. The molecule has 0 unspecified atom stereocenters. The van der Waals surface area contributed by atoms with E-state index in [0.29, 0.717) is 25.7 Å². The molecule has 0 spiro atoms. The van der Waals surface area contributed by atoms with E-state index < -0.39 is 0 Å². The lowest BCUT2D eigenvalue weighted by Gasteiger charge is -2.06. The molecule has 0 radical (unpaired) electrons. The predicted octanol–water partition coefficient (Wildman–Crippen LogP) is 4.95. The fourth-order valence-electron chi connectivity index (χ4n) is 2.52. The SMILES string of the molecule is O=C(Cc1c(Cl)cccc1Cl)Nc1nn2cc(-c3ccccc3)nc2s1. The van der Waals surface area contributed by atoms with Crippen molar-refractivity contribution in [2.24, 2.45) is 0 Å². The lowest BCUT2D eigenvalue weighted by atomic mass is 10.1. The molecule has 0 bridgehead atoms. The zero-order chi connectivity index (χ0) is 18.1. The Kier molecular flexibility index (Phi) is 4.63. The zero-order valence-corrected chi connectivity index (χ0v) is 15.6. The molecule has 2 heterocycles. The summed E-state index contributed by atoms with van der Waals surface area (Å²) in [7, 11) is 0. The van der Waals surface area contributed by atoms with Gasteiger partial charge in [-0.2, -0.15) is 0 Å². The third-order valence-corrected chi connectivity index (χ3v) is 5.30. The number of hydrogen-bond donors (Lipinski definition) is 1. The molecule has 0 aliphatic heterocycles. The number of benzene rings is 2. The molecular formula is C18H12Cl2N4OS. The molecule has 5 nitrogen and oxygen atoms in total. The van der Waals surface area contributed by atoms with Gasteiger partial charge in [-0.15, -0.1) is 5.10 Å². The summed E-state index contributed by atoms with van der Waals surface area (Å²) in [5.74, 6) is -0.236. The molecule has 130 valence electrons.